The summed E-state index contributed by atoms with van der Waals surface area (Å²) in [6, 6.07) is 5.07. The summed E-state index contributed by atoms with van der Waals surface area (Å²) in [6.45, 7) is 2.75. The van der Waals surface area contributed by atoms with Crippen LogP contribution in [-0.4, -0.2) is 19.6 Å². The zero-order chi connectivity index (χ0) is 12.7. The molecule has 0 fully saturated rings. The number of carbonyl (C=O) groups excluding carboxylic acids is 1. The van der Waals surface area contributed by atoms with Crippen LogP contribution in [0.25, 0.3) is 0 Å². The van der Waals surface area contributed by atoms with E-state index in [2.05, 4.69) is 12.2 Å². The molecule has 0 saturated heterocycles. The molecule has 0 saturated carbocycles. The minimum absolute atomic E-state index is 0.157. The second kappa shape index (κ2) is 6.78. The number of nitrogens with two attached hydrogens (primary N) is 1. The highest BCUT2D eigenvalue weighted by Crippen LogP contribution is 2.22. The van der Waals surface area contributed by atoms with Gasteiger partial charge in [-0.1, -0.05) is 19.8 Å². The molecule has 17 heavy (non-hydrogen) atoms. The Morgan fingerprint density at radius 1 is 1.41 bits per heavy atom. The summed E-state index contributed by atoms with van der Waals surface area (Å²) in [6.07, 6.45) is 3.25. The van der Waals surface area contributed by atoms with E-state index in [1.165, 1.54) is 0 Å². The molecule has 1 amide bonds. The second-order valence-corrected chi connectivity index (χ2v) is 3.89. The van der Waals surface area contributed by atoms with E-state index in [4.69, 9.17) is 10.5 Å². The number of carbonyl (C=O) groups is 1. The molecule has 0 heterocycles. The normalized spacial score (nSPS) is 10.0. The number of hydrogen-bond acceptors (Lipinski definition) is 3. The van der Waals surface area contributed by atoms with Crippen molar-refractivity contribution in [3.05, 3.63) is 23.8 Å². The fourth-order valence-corrected chi connectivity index (χ4v) is 1.51. The highest BCUT2D eigenvalue weighted by molar-refractivity contribution is 5.97. The van der Waals surface area contributed by atoms with Gasteiger partial charge in [0.1, 0.15) is 5.75 Å². The number of ether oxygens (including phenoxy) is 1. The number of amides is 1. The van der Waals surface area contributed by atoms with Crippen LogP contribution < -0.4 is 15.8 Å². The van der Waals surface area contributed by atoms with Crippen LogP contribution in [0.15, 0.2) is 18.2 Å². The average Bonchev–Trinajstić information content (AvgIpc) is 2.34. The van der Waals surface area contributed by atoms with Gasteiger partial charge in [-0.2, -0.15) is 0 Å². The Morgan fingerprint density at radius 2 is 2.18 bits per heavy atom. The summed E-state index contributed by atoms with van der Waals surface area (Å²) in [4.78, 5) is 11.6. The van der Waals surface area contributed by atoms with E-state index in [9.17, 15) is 4.79 Å². The van der Waals surface area contributed by atoms with Gasteiger partial charge in [-0.05, 0) is 18.6 Å². The van der Waals surface area contributed by atoms with E-state index < -0.39 is 0 Å². The molecule has 0 spiro atoms. The van der Waals surface area contributed by atoms with Crippen LogP contribution in [0.2, 0.25) is 0 Å². The van der Waals surface area contributed by atoms with E-state index in [-0.39, 0.29) is 5.91 Å². The number of nitrogens with one attached hydrogen (secondary N) is 1. The first-order chi connectivity index (χ1) is 8.19. The molecule has 1 aromatic carbocycles. The van der Waals surface area contributed by atoms with E-state index in [1.54, 1.807) is 25.2 Å². The number of unbranched alkanes of at least 4 members (excludes halogenated alkanes) is 2. The Morgan fingerprint density at radius 3 is 2.82 bits per heavy atom. The fraction of sp³-hybridized carbons (Fsp3) is 0.462. The van der Waals surface area contributed by atoms with Crippen molar-refractivity contribution in [3.8, 4) is 5.75 Å². The van der Waals surface area contributed by atoms with Crippen molar-refractivity contribution in [2.45, 2.75) is 26.2 Å². The topological polar surface area (TPSA) is 64.3 Å². The largest absolute Gasteiger partial charge is 0.493 e. The number of rotatable bonds is 6. The molecular formula is C13H20N2O2. The average molecular weight is 236 g/mol. The third kappa shape index (κ3) is 3.98. The molecule has 4 nitrogen and oxygen atoms in total. The molecule has 0 unspecified atom stereocenters. The molecule has 0 aromatic heterocycles. The second-order valence-electron chi connectivity index (χ2n) is 3.89. The lowest BCUT2D eigenvalue weighted by atomic mass is 10.1. The first-order valence-corrected chi connectivity index (χ1v) is 5.93. The Bertz CT molecular complexity index is 378. The van der Waals surface area contributed by atoms with E-state index >= 15 is 0 Å². The van der Waals surface area contributed by atoms with Crippen LogP contribution in [0.4, 0.5) is 5.69 Å². The molecule has 0 atom stereocenters. The predicted molar refractivity (Wildman–Crippen MR) is 69.3 cm³/mol. The van der Waals surface area contributed by atoms with Gasteiger partial charge in [0, 0.05) is 18.8 Å². The van der Waals surface area contributed by atoms with Crippen molar-refractivity contribution in [2.24, 2.45) is 0 Å². The summed E-state index contributed by atoms with van der Waals surface area (Å²) >= 11 is 0. The Labute approximate surface area is 102 Å². The molecule has 1 rings (SSSR count). The first kappa shape index (κ1) is 13.4. The summed E-state index contributed by atoms with van der Waals surface area (Å²) in [5.41, 5.74) is 6.81. The lowest BCUT2D eigenvalue weighted by molar-refractivity contribution is 0.0959. The highest BCUT2D eigenvalue weighted by Gasteiger charge is 2.11. The van der Waals surface area contributed by atoms with Crippen LogP contribution >= 0.6 is 0 Å². The van der Waals surface area contributed by atoms with Gasteiger partial charge in [0.15, 0.2) is 0 Å². The van der Waals surface area contributed by atoms with Gasteiger partial charge < -0.3 is 15.8 Å². The molecule has 4 heteroatoms. The van der Waals surface area contributed by atoms with E-state index in [0.717, 1.165) is 19.3 Å². The maximum absolute atomic E-state index is 11.6. The maximum atomic E-state index is 11.6. The predicted octanol–water partition coefficient (Wildman–Crippen LogP) is 2.20. The van der Waals surface area contributed by atoms with Crippen LogP contribution in [0.5, 0.6) is 5.75 Å². The molecule has 3 N–H and O–H groups in total. The van der Waals surface area contributed by atoms with Gasteiger partial charge in [-0.15, -0.1) is 0 Å². The van der Waals surface area contributed by atoms with Crippen molar-refractivity contribution in [2.75, 3.05) is 19.4 Å². The lowest BCUT2D eigenvalue weighted by Crippen LogP contribution is -2.19. The highest BCUT2D eigenvalue weighted by atomic mass is 16.5. The number of benzene rings is 1. The molecule has 94 valence electrons. The van der Waals surface area contributed by atoms with E-state index in [0.29, 0.717) is 23.6 Å². The molecule has 0 radical (unpaired) electrons. The van der Waals surface area contributed by atoms with Crippen LogP contribution in [-0.2, 0) is 0 Å². The monoisotopic (exact) mass is 236 g/mol. The van der Waals surface area contributed by atoms with Gasteiger partial charge in [-0.3, -0.25) is 4.79 Å². The maximum Gasteiger partial charge on any atom is 0.254 e. The SMILES string of the molecule is CCCCCOc1cc(N)ccc1C(=O)NC. The zero-order valence-corrected chi connectivity index (χ0v) is 10.5. The Kier molecular flexibility index (Phi) is 5.33. The summed E-state index contributed by atoms with van der Waals surface area (Å²) in [7, 11) is 1.60. The summed E-state index contributed by atoms with van der Waals surface area (Å²) in [5.74, 6) is 0.399. The van der Waals surface area contributed by atoms with Crippen molar-refractivity contribution in [1.29, 1.82) is 0 Å². The molecule has 0 bridgehead atoms. The van der Waals surface area contributed by atoms with E-state index in [1.807, 2.05) is 0 Å². The third-order valence-corrected chi connectivity index (χ3v) is 2.48. The van der Waals surface area contributed by atoms with Gasteiger partial charge in [-0.25, -0.2) is 0 Å². The van der Waals surface area contributed by atoms with Gasteiger partial charge in [0.05, 0.1) is 12.2 Å². The van der Waals surface area contributed by atoms with Gasteiger partial charge >= 0.3 is 0 Å². The lowest BCUT2D eigenvalue weighted by Gasteiger charge is -2.11. The minimum atomic E-state index is -0.157. The zero-order valence-electron chi connectivity index (χ0n) is 10.5. The van der Waals surface area contributed by atoms with Crippen molar-refractivity contribution in [1.82, 2.24) is 5.32 Å². The standard InChI is InChI=1S/C13H20N2O2/c1-3-4-5-8-17-12-9-10(14)6-7-11(12)13(16)15-2/h6-7,9H,3-5,8,14H2,1-2H3,(H,15,16). The molecular weight excluding hydrogens is 216 g/mol. The van der Waals surface area contributed by atoms with Gasteiger partial charge in [0.2, 0.25) is 0 Å². The number of anilines is 1. The van der Waals surface area contributed by atoms with Gasteiger partial charge in [0.25, 0.3) is 5.91 Å². The van der Waals surface area contributed by atoms with Crippen LogP contribution in [0, 0.1) is 0 Å². The molecule has 0 aliphatic rings. The minimum Gasteiger partial charge on any atom is -0.493 e. The smallest absolute Gasteiger partial charge is 0.254 e. The summed E-state index contributed by atoms with van der Waals surface area (Å²) < 4.78 is 5.60. The number of nitrogen functional groups attached to an aromatic ring is 1. The summed E-state index contributed by atoms with van der Waals surface area (Å²) in [5, 5.41) is 2.58. The number of hydrogen-bond donors (Lipinski definition) is 2. The Balaban J connectivity index is 2.73. The van der Waals surface area contributed by atoms with Crippen molar-refractivity contribution in [3.63, 3.8) is 0 Å². The quantitative estimate of drug-likeness (QED) is 0.588. The van der Waals surface area contributed by atoms with Crippen molar-refractivity contribution < 1.29 is 9.53 Å². The van der Waals surface area contributed by atoms with Crippen LogP contribution in [0.3, 0.4) is 0 Å². The molecule has 0 aliphatic heterocycles. The molecule has 1 aromatic rings. The van der Waals surface area contributed by atoms with Crippen molar-refractivity contribution >= 4 is 11.6 Å². The van der Waals surface area contributed by atoms with Crippen LogP contribution in [0.1, 0.15) is 36.5 Å². The first-order valence-electron chi connectivity index (χ1n) is 5.93. The Hall–Kier alpha value is -1.71. The third-order valence-electron chi connectivity index (χ3n) is 2.48. The molecule has 0 aliphatic carbocycles. The fourth-order valence-electron chi connectivity index (χ4n) is 1.51.